The first-order valence-corrected chi connectivity index (χ1v) is 7.58. The van der Waals surface area contributed by atoms with E-state index in [1.807, 2.05) is 19.9 Å². The number of rotatable bonds is 3. The van der Waals surface area contributed by atoms with Crippen LogP contribution in [0.2, 0.25) is 0 Å². The van der Waals surface area contributed by atoms with Crippen LogP contribution in [0.15, 0.2) is 17.0 Å². The van der Waals surface area contributed by atoms with Gasteiger partial charge in [0.25, 0.3) is 0 Å². The van der Waals surface area contributed by atoms with E-state index in [0.717, 1.165) is 23.8 Å². The van der Waals surface area contributed by atoms with Crippen molar-refractivity contribution in [3.63, 3.8) is 0 Å². The number of aryl methyl sites for hydroxylation is 2. The van der Waals surface area contributed by atoms with Gasteiger partial charge in [-0.3, -0.25) is 9.00 Å². The van der Waals surface area contributed by atoms with Crippen molar-refractivity contribution >= 4 is 26.0 Å². The molecular weight excluding hydrogens is 228 g/mol. The molecule has 0 fully saturated rings. The summed E-state index contributed by atoms with van der Waals surface area (Å²) in [6, 6.07) is 3.69. The van der Waals surface area contributed by atoms with Crippen LogP contribution < -0.4 is 0 Å². The Kier molecular flexibility index (Phi) is 3.62. The van der Waals surface area contributed by atoms with Gasteiger partial charge in [0.2, 0.25) is 0 Å². The van der Waals surface area contributed by atoms with Crippen LogP contribution in [0.4, 0.5) is 0 Å². The van der Waals surface area contributed by atoms with E-state index in [-0.39, 0.29) is 0 Å². The van der Waals surface area contributed by atoms with Gasteiger partial charge in [0.05, 0.1) is 13.4 Å². The molecule has 0 radical (unpaired) electrons. The second-order valence-corrected chi connectivity index (χ2v) is 7.47. The van der Waals surface area contributed by atoms with Gasteiger partial charge in [0.15, 0.2) is 6.29 Å². The molecule has 0 aliphatic carbocycles. The zero-order chi connectivity index (χ0) is 11.6. The highest BCUT2D eigenvalue weighted by Crippen LogP contribution is 2.21. The Morgan fingerprint density at radius 3 is 2.47 bits per heavy atom. The van der Waals surface area contributed by atoms with Gasteiger partial charge in [0, 0.05) is 11.8 Å². The van der Waals surface area contributed by atoms with E-state index in [2.05, 4.69) is 0 Å². The van der Waals surface area contributed by atoms with Gasteiger partial charge in [-0.2, -0.15) is 0 Å². The summed E-state index contributed by atoms with van der Waals surface area (Å²) in [5.41, 5.74) is 2.41. The Balaban J connectivity index is 3.64. The molecule has 2 nitrogen and oxygen atoms in total. The zero-order valence-electron chi connectivity index (χ0n) is 9.07. The minimum Gasteiger partial charge on any atom is -0.298 e. The molecule has 1 aromatic rings. The van der Waals surface area contributed by atoms with Crippen molar-refractivity contribution < 1.29 is 9.00 Å². The summed E-state index contributed by atoms with van der Waals surface area (Å²) >= 11 is 4.94. The molecule has 0 saturated heterocycles. The number of hydrogen-bond donors (Lipinski definition) is 0. The van der Waals surface area contributed by atoms with Gasteiger partial charge in [-0.25, -0.2) is 0 Å². The van der Waals surface area contributed by atoms with Crippen molar-refractivity contribution in [1.29, 1.82) is 0 Å². The molecule has 15 heavy (non-hydrogen) atoms. The van der Waals surface area contributed by atoms with Gasteiger partial charge in [-0.05, 0) is 41.7 Å². The maximum atomic E-state index is 11.8. The Bertz CT molecular complexity index is 488. The fraction of sp³-hybridized carbons (Fsp3) is 0.364. The SMILES string of the molecule is CCc1cc(C)cc(S(C)(=O)=S)c1C=O. The highest BCUT2D eigenvalue weighted by Gasteiger charge is 2.13. The molecule has 0 aliphatic heterocycles. The van der Waals surface area contributed by atoms with Crippen molar-refractivity contribution in [2.75, 3.05) is 6.26 Å². The fourth-order valence-electron chi connectivity index (χ4n) is 1.57. The van der Waals surface area contributed by atoms with Gasteiger partial charge < -0.3 is 0 Å². The molecule has 0 N–H and O–H groups in total. The minimum absolute atomic E-state index is 0.504. The summed E-state index contributed by atoms with van der Waals surface area (Å²) in [7, 11) is -2.50. The summed E-state index contributed by atoms with van der Waals surface area (Å²) in [5, 5.41) is 0. The summed E-state index contributed by atoms with van der Waals surface area (Å²) in [5.74, 6) is 0. The van der Waals surface area contributed by atoms with Crippen molar-refractivity contribution in [2.45, 2.75) is 25.2 Å². The number of aldehydes is 1. The number of benzene rings is 1. The van der Waals surface area contributed by atoms with E-state index < -0.39 is 8.49 Å². The second kappa shape index (κ2) is 4.41. The minimum atomic E-state index is -2.50. The van der Waals surface area contributed by atoms with E-state index in [9.17, 15) is 9.00 Å². The summed E-state index contributed by atoms with van der Waals surface area (Å²) < 4.78 is 11.8. The molecule has 4 heteroatoms. The highest BCUT2D eigenvalue weighted by atomic mass is 32.8. The van der Waals surface area contributed by atoms with E-state index in [4.69, 9.17) is 11.2 Å². The largest absolute Gasteiger partial charge is 0.298 e. The molecule has 0 heterocycles. The predicted molar refractivity (Wildman–Crippen MR) is 65.6 cm³/mol. The predicted octanol–water partition coefficient (Wildman–Crippen LogP) is 2.10. The van der Waals surface area contributed by atoms with Crippen LogP contribution >= 0.6 is 0 Å². The highest BCUT2D eigenvalue weighted by molar-refractivity contribution is 8.32. The molecule has 1 unspecified atom stereocenters. The summed E-state index contributed by atoms with van der Waals surface area (Å²) in [6.07, 6.45) is 2.99. The van der Waals surface area contributed by atoms with Crippen LogP contribution in [0.1, 0.15) is 28.4 Å². The van der Waals surface area contributed by atoms with Crippen LogP contribution in [0.3, 0.4) is 0 Å². The molecule has 1 rings (SSSR count). The molecule has 0 bridgehead atoms. The maximum Gasteiger partial charge on any atom is 0.151 e. The quantitative estimate of drug-likeness (QED) is 0.761. The van der Waals surface area contributed by atoms with Gasteiger partial charge in [-0.1, -0.05) is 13.0 Å². The maximum absolute atomic E-state index is 11.8. The zero-order valence-corrected chi connectivity index (χ0v) is 10.7. The lowest BCUT2D eigenvalue weighted by molar-refractivity contribution is 0.112. The average Bonchev–Trinajstić information content (AvgIpc) is 2.15. The van der Waals surface area contributed by atoms with Crippen LogP contribution in [-0.2, 0) is 26.1 Å². The Morgan fingerprint density at radius 2 is 2.07 bits per heavy atom. The molecule has 0 saturated carbocycles. The van der Waals surface area contributed by atoms with Crippen molar-refractivity contribution in [2.24, 2.45) is 0 Å². The topological polar surface area (TPSA) is 34.1 Å². The van der Waals surface area contributed by atoms with Gasteiger partial charge in [0.1, 0.15) is 0 Å². The van der Waals surface area contributed by atoms with Crippen LogP contribution in [0, 0.1) is 6.92 Å². The summed E-state index contributed by atoms with van der Waals surface area (Å²) in [4.78, 5) is 11.5. The summed E-state index contributed by atoms with van der Waals surface area (Å²) in [6.45, 7) is 3.88. The molecule has 82 valence electrons. The standard InChI is InChI=1S/C11H14O2S2/c1-4-9-5-8(2)6-11(10(9)7-12)15(3,13)14/h5-7H,4H2,1-3H3. The van der Waals surface area contributed by atoms with E-state index in [0.29, 0.717) is 10.5 Å². The first-order valence-electron chi connectivity index (χ1n) is 4.69. The third-order valence-electron chi connectivity index (χ3n) is 2.27. The molecule has 0 aromatic heterocycles. The van der Waals surface area contributed by atoms with Crippen LogP contribution in [0.5, 0.6) is 0 Å². The van der Waals surface area contributed by atoms with Crippen molar-refractivity contribution in [3.8, 4) is 0 Å². The lowest BCUT2D eigenvalue weighted by atomic mass is 10.0. The van der Waals surface area contributed by atoms with E-state index >= 15 is 0 Å². The van der Waals surface area contributed by atoms with E-state index in [1.54, 1.807) is 6.07 Å². The van der Waals surface area contributed by atoms with Gasteiger partial charge >= 0.3 is 0 Å². The fourth-order valence-corrected chi connectivity index (χ4v) is 2.96. The average molecular weight is 242 g/mol. The molecule has 1 atom stereocenters. The van der Waals surface area contributed by atoms with Gasteiger partial charge in [-0.15, -0.1) is 0 Å². The number of carbonyl (C=O) groups is 1. The second-order valence-electron chi connectivity index (χ2n) is 3.58. The monoisotopic (exact) mass is 242 g/mol. The Hall–Kier alpha value is -0.740. The molecule has 0 spiro atoms. The number of carbonyl (C=O) groups excluding carboxylic acids is 1. The molecule has 1 aromatic carbocycles. The lowest BCUT2D eigenvalue weighted by Crippen LogP contribution is -2.04. The Labute approximate surface area is 95.4 Å². The molecule has 0 amide bonds. The Morgan fingerprint density at radius 1 is 1.47 bits per heavy atom. The lowest BCUT2D eigenvalue weighted by Gasteiger charge is -2.10. The number of hydrogen-bond acceptors (Lipinski definition) is 3. The van der Waals surface area contributed by atoms with Crippen LogP contribution in [0.25, 0.3) is 0 Å². The molecular formula is C11H14O2S2. The van der Waals surface area contributed by atoms with Crippen molar-refractivity contribution in [1.82, 2.24) is 0 Å². The van der Waals surface area contributed by atoms with Crippen molar-refractivity contribution in [3.05, 3.63) is 28.8 Å². The normalized spacial score (nSPS) is 14.6. The molecule has 0 aliphatic rings. The third-order valence-corrected chi connectivity index (χ3v) is 3.95. The third kappa shape index (κ3) is 2.63. The first-order chi connectivity index (χ1) is 6.90. The van der Waals surface area contributed by atoms with E-state index in [1.165, 1.54) is 6.26 Å². The van der Waals surface area contributed by atoms with Crippen LogP contribution in [-0.4, -0.2) is 16.8 Å². The smallest absolute Gasteiger partial charge is 0.151 e. The first kappa shape index (κ1) is 12.3.